The van der Waals surface area contributed by atoms with Crippen molar-refractivity contribution in [2.24, 2.45) is 23.2 Å². The molecule has 4 nitrogen and oxygen atoms in total. The van der Waals surface area contributed by atoms with Crippen LogP contribution in [0.2, 0.25) is 0 Å². The number of carbonyl (C=O) groups excluding carboxylic acids is 1. The molecule has 0 spiro atoms. The molecule has 1 heterocycles. The lowest BCUT2D eigenvalue weighted by molar-refractivity contribution is -0.149. The van der Waals surface area contributed by atoms with E-state index < -0.39 is 0 Å². The van der Waals surface area contributed by atoms with Crippen LogP contribution in [0, 0.1) is 23.2 Å². The lowest BCUT2D eigenvalue weighted by Gasteiger charge is -2.54. The lowest BCUT2D eigenvalue weighted by Crippen LogP contribution is -2.56. The summed E-state index contributed by atoms with van der Waals surface area (Å²) in [5, 5.41) is 3.07. The lowest BCUT2D eigenvalue weighted by atomic mass is 9.56. The Morgan fingerprint density at radius 3 is 2.77 bits per heavy atom. The molecule has 2 fully saturated rings. The van der Waals surface area contributed by atoms with Gasteiger partial charge in [-0.1, -0.05) is 56.9 Å². The van der Waals surface area contributed by atoms with Gasteiger partial charge in [0.25, 0.3) is 0 Å². The summed E-state index contributed by atoms with van der Waals surface area (Å²) in [6.45, 7) is 9.86. The molecule has 146 valence electrons. The van der Waals surface area contributed by atoms with E-state index in [4.69, 9.17) is 9.47 Å². The van der Waals surface area contributed by atoms with Crippen LogP contribution >= 0.6 is 0 Å². The second-order valence-corrected chi connectivity index (χ2v) is 8.60. The van der Waals surface area contributed by atoms with E-state index in [1.54, 1.807) is 0 Å². The molecule has 1 amide bonds. The summed E-state index contributed by atoms with van der Waals surface area (Å²) in [6, 6.07) is 0.284. The van der Waals surface area contributed by atoms with E-state index in [0.717, 1.165) is 12.8 Å². The molecule has 1 saturated heterocycles. The molecule has 26 heavy (non-hydrogen) atoms. The fraction of sp³-hybridized carbons (Fsp3) is 0.773. The summed E-state index contributed by atoms with van der Waals surface area (Å²) in [5.74, 6) is 1.11. The third-order valence-electron chi connectivity index (χ3n) is 7.07. The van der Waals surface area contributed by atoms with E-state index in [-0.39, 0.29) is 23.7 Å². The number of alkyl carbamates (subject to hydrolysis) is 1. The first-order chi connectivity index (χ1) is 12.5. The summed E-state index contributed by atoms with van der Waals surface area (Å²) >= 11 is 0. The fourth-order valence-corrected chi connectivity index (χ4v) is 5.32. The van der Waals surface area contributed by atoms with Crippen LogP contribution in [-0.2, 0) is 9.47 Å². The van der Waals surface area contributed by atoms with Gasteiger partial charge in [0.15, 0.2) is 0 Å². The van der Waals surface area contributed by atoms with Gasteiger partial charge in [-0.3, -0.25) is 0 Å². The number of hydrogen-bond acceptors (Lipinski definition) is 3. The summed E-state index contributed by atoms with van der Waals surface area (Å²) in [5.41, 5.74) is 1.27. The third kappa shape index (κ3) is 3.71. The second kappa shape index (κ2) is 8.16. The highest BCUT2D eigenvalue weighted by atomic mass is 16.6. The van der Waals surface area contributed by atoms with Crippen molar-refractivity contribution in [2.75, 3.05) is 13.2 Å². The molecule has 5 atom stereocenters. The van der Waals surface area contributed by atoms with E-state index in [1.165, 1.54) is 24.8 Å². The van der Waals surface area contributed by atoms with E-state index in [0.29, 0.717) is 31.0 Å². The van der Waals surface area contributed by atoms with Gasteiger partial charge in [-0.15, -0.1) is 0 Å². The van der Waals surface area contributed by atoms with Gasteiger partial charge in [0.05, 0.1) is 12.7 Å². The van der Waals surface area contributed by atoms with Crippen LogP contribution in [0.25, 0.3) is 0 Å². The van der Waals surface area contributed by atoms with Crippen molar-refractivity contribution in [3.8, 4) is 0 Å². The number of rotatable bonds is 4. The van der Waals surface area contributed by atoms with E-state index in [1.807, 2.05) is 6.92 Å². The summed E-state index contributed by atoms with van der Waals surface area (Å²) in [6.07, 6.45) is 12.3. The molecule has 4 heteroatoms. The van der Waals surface area contributed by atoms with Crippen LogP contribution in [0.3, 0.4) is 0 Å². The Balaban J connectivity index is 1.66. The number of allylic oxidation sites excluding steroid dienone is 2. The van der Waals surface area contributed by atoms with Crippen molar-refractivity contribution >= 4 is 6.09 Å². The molecule has 3 aliphatic rings. The molecule has 1 saturated carbocycles. The topological polar surface area (TPSA) is 47.6 Å². The first kappa shape index (κ1) is 19.5. The van der Waals surface area contributed by atoms with Gasteiger partial charge in [-0.05, 0) is 38.5 Å². The van der Waals surface area contributed by atoms with Gasteiger partial charge in [0, 0.05) is 17.4 Å². The summed E-state index contributed by atoms with van der Waals surface area (Å²) in [7, 11) is 0. The van der Waals surface area contributed by atoms with Crippen molar-refractivity contribution in [3.63, 3.8) is 0 Å². The number of ether oxygens (including phenoxy) is 2. The van der Waals surface area contributed by atoms with Crippen molar-refractivity contribution in [1.29, 1.82) is 0 Å². The van der Waals surface area contributed by atoms with Gasteiger partial charge in [-0.25, -0.2) is 4.79 Å². The predicted molar refractivity (Wildman–Crippen MR) is 104 cm³/mol. The third-order valence-corrected chi connectivity index (χ3v) is 7.07. The summed E-state index contributed by atoms with van der Waals surface area (Å²) < 4.78 is 12.0. The minimum Gasteiger partial charge on any atom is -0.449 e. The van der Waals surface area contributed by atoms with Crippen LogP contribution in [-0.4, -0.2) is 31.5 Å². The van der Waals surface area contributed by atoms with E-state index >= 15 is 0 Å². The molecule has 2 aliphatic carbocycles. The predicted octanol–water partition coefficient (Wildman–Crippen LogP) is 4.85. The normalized spacial score (nSPS) is 38.1. The maximum atomic E-state index is 12.4. The number of carbonyl (C=O) groups is 1. The van der Waals surface area contributed by atoms with Crippen molar-refractivity contribution in [2.45, 2.75) is 71.9 Å². The summed E-state index contributed by atoms with van der Waals surface area (Å²) in [4.78, 5) is 12.4. The molecule has 3 unspecified atom stereocenters. The van der Waals surface area contributed by atoms with Gasteiger partial charge in [0.1, 0.15) is 6.61 Å². The van der Waals surface area contributed by atoms with Crippen molar-refractivity contribution in [1.82, 2.24) is 5.32 Å². The second-order valence-electron chi connectivity index (χ2n) is 8.60. The molecule has 3 rings (SSSR count). The maximum Gasteiger partial charge on any atom is 0.407 e. The van der Waals surface area contributed by atoms with Gasteiger partial charge in [-0.2, -0.15) is 0 Å². The molecular weight excluding hydrogens is 326 g/mol. The Hall–Kier alpha value is -1.29. The molecule has 1 aliphatic heterocycles. The zero-order valence-electron chi connectivity index (χ0n) is 16.8. The van der Waals surface area contributed by atoms with E-state index in [9.17, 15) is 4.79 Å². The average molecular weight is 362 g/mol. The Morgan fingerprint density at radius 2 is 2.08 bits per heavy atom. The Bertz CT molecular complexity index is 564. The number of nitrogens with one attached hydrogen (secondary N) is 1. The molecule has 1 N–H and O–H groups in total. The smallest absolute Gasteiger partial charge is 0.407 e. The average Bonchev–Trinajstić information content (AvgIpc) is 2.61. The van der Waals surface area contributed by atoms with Crippen molar-refractivity contribution < 1.29 is 14.3 Å². The highest BCUT2D eigenvalue weighted by molar-refractivity contribution is 5.67. The molecule has 0 aromatic carbocycles. The zero-order chi connectivity index (χ0) is 18.7. The molecule has 0 radical (unpaired) electrons. The number of amides is 1. The quantitative estimate of drug-likeness (QED) is 0.728. The largest absolute Gasteiger partial charge is 0.449 e. The molecule has 2 bridgehead atoms. The van der Waals surface area contributed by atoms with Gasteiger partial charge < -0.3 is 14.8 Å². The van der Waals surface area contributed by atoms with Crippen LogP contribution in [0.15, 0.2) is 23.8 Å². The Labute approximate surface area is 158 Å². The van der Waals surface area contributed by atoms with E-state index in [2.05, 4.69) is 44.3 Å². The Morgan fingerprint density at radius 1 is 1.35 bits per heavy atom. The standard InChI is InChI=1S/C22H35NO3/c1-5-9-19-20-15(2)12-16(3)22(13-25-19,17(20)4)14-26-21(24)23-18-10-7-6-8-11-18/h5,9,12,16-20H,6-8,10-11,13-14H2,1-4H3,(H,23,24)/t16?,17-,19?,20?,22-/m0/s1. The van der Waals surface area contributed by atoms with Crippen LogP contribution in [0.4, 0.5) is 4.79 Å². The number of fused-ring (bicyclic) bond motifs is 2. The fourth-order valence-electron chi connectivity index (χ4n) is 5.32. The number of hydrogen-bond donors (Lipinski definition) is 1. The van der Waals surface area contributed by atoms with Crippen LogP contribution < -0.4 is 5.32 Å². The molecular formula is C22H35NO3. The minimum atomic E-state index is -0.260. The van der Waals surface area contributed by atoms with Crippen LogP contribution in [0.1, 0.15) is 59.8 Å². The SMILES string of the molecule is CC=CC1OC[C@]2(COC(=O)NC3CCCCC3)C(C)C=C(C)C1[C@@H]2C. The van der Waals surface area contributed by atoms with Gasteiger partial charge in [0.2, 0.25) is 0 Å². The molecule has 0 aromatic rings. The monoisotopic (exact) mass is 361 g/mol. The minimum absolute atomic E-state index is 0.128. The maximum absolute atomic E-state index is 12.4. The van der Waals surface area contributed by atoms with Crippen molar-refractivity contribution in [3.05, 3.63) is 23.8 Å². The highest BCUT2D eigenvalue weighted by Crippen LogP contribution is 2.52. The van der Waals surface area contributed by atoms with Crippen LogP contribution in [0.5, 0.6) is 0 Å². The molecule has 0 aromatic heterocycles. The Kier molecular flexibility index (Phi) is 6.11. The zero-order valence-corrected chi connectivity index (χ0v) is 16.8. The van der Waals surface area contributed by atoms with Gasteiger partial charge >= 0.3 is 6.09 Å². The first-order valence-electron chi connectivity index (χ1n) is 10.3. The highest BCUT2D eigenvalue weighted by Gasteiger charge is 2.53. The first-order valence-corrected chi connectivity index (χ1v) is 10.3.